The zero-order valence-corrected chi connectivity index (χ0v) is 18.1. The van der Waals surface area contributed by atoms with Gasteiger partial charge in [-0.05, 0) is 0 Å². The average molecular weight is 688 g/mol. The lowest BCUT2D eigenvalue weighted by molar-refractivity contribution is -0.480. The summed E-state index contributed by atoms with van der Waals surface area (Å²) in [5.74, 6) is -89.0. The van der Waals surface area contributed by atoms with E-state index in [9.17, 15) is 110 Å². The molecule has 3 nitrogen and oxygen atoms in total. The summed E-state index contributed by atoms with van der Waals surface area (Å²) in [6, 6.07) is 0. The van der Waals surface area contributed by atoms with Gasteiger partial charge in [0.2, 0.25) is 0 Å². The SMILES string of the molecule is O=C(O)COC(F)(F)C(F)(F)C(F)(F)C(F)(F)C(F)(F)C(F)(F)C(F)(F)C(F)(F)C(F)(F)C(F)(F)/C(F)=C/C(F)(F)F. The molecular weight excluding hydrogens is 684 g/mol. The van der Waals surface area contributed by atoms with Crippen LogP contribution in [0.25, 0.3) is 0 Å². The molecule has 0 heterocycles. The molecule has 0 unspecified atom stereocenters. The van der Waals surface area contributed by atoms with Gasteiger partial charge in [0.25, 0.3) is 0 Å². The van der Waals surface area contributed by atoms with Gasteiger partial charge in [0.1, 0.15) is 0 Å². The maximum absolute atomic E-state index is 13.6. The smallest absolute Gasteiger partial charge is 0.426 e. The van der Waals surface area contributed by atoms with Crippen LogP contribution < -0.4 is 0 Å². The minimum atomic E-state index is -9.49. The summed E-state index contributed by atoms with van der Waals surface area (Å²) in [7, 11) is 0. The summed E-state index contributed by atoms with van der Waals surface area (Å²) in [6.45, 7) is -2.91. The molecule has 0 rings (SSSR count). The lowest BCUT2D eigenvalue weighted by Crippen LogP contribution is -2.77. The first kappa shape index (κ1) is 39.5. The molecule has 42 heavy (non-hydrogen) atoms. The fourth-order valence-corrected chi connectivity index (χ4v) is 2.19. The highest BCUT2D eigenvalue weighted by atomic mass is 19.4. The molecule has 0 spiro atoms. The van der Waals surface area contributed by atoms with Gasteiger partial charge in [-0.25, -0.2) is 9.18 Å². The number of alkyl halides is 23. The number of hydrogen-bond acceptors (Lipinski definition) is 2. The van der Waals surface area contributed by atoms with Gasteiger partial charge in [-0.1, -0.05) is 0 Å². The Bertz CT molecular complexity index is 1040. The highest BCUT2D eigenvalue weighted by molar-refractivity contribution is 5.68. The van der Waals surface area contributed by atoms with E-state index in [4.69, 9.17) is 5.11 Å². The second kappa shape index (κ2) is 10.3. The third-order valence-electron chi connectivity index (χ3n) is 4.49. The number of carboxylic acid groups (broad SMARTS) is 1. The summed E-state index contributed by atoms with van der Waals surface area (Å²) in [4.78, 5) is 9.97. The maximum atomic E-state index is 13.6. The standard InChI is InChI=1S/C15H4F24O3/c16-3(1-5(17,18)19)6(20,21)7(22,23)8(24,25)9(26,27)10(28,29)11(30,31)12(32,33)13(34,35)14(36,37)15(38,39)42-2-4(40)41/h1H,2H2,(H,40,41)/b3-1-. The van der Waals surface area contributed by atoms with Crippen LogP contribution in [0.4, 0.5) is 105 Å². The van der Waals surface area contributed by atoms with Crippen molar-refractivity contribution in [3.8, 4) is 0 Å². The number of allylic oxidation sites excluding steroid dienone is 2. The minimum Gasteiger partial charge on any atom is -0.480 e. The third-order valence-corrected chi connectivity index (χ3v) is 4.49. The summed E-state index contributed by atoms with van der Waals surface area (Å²) in [6.07, 6.45) is -16.8. The van der Waals surface area contributed by atoms with E-state index in [-0.39, 0.29) is 0 Å². The number of halogens is 24. The van der Waals surface area contributed by atoms with E-state index in [1.807, 2.05) is 0 Å². The highest BCUT2D eigenvalue weighted by Crippen LogP contribution is 2.66. The van der Waals surface area contributed by atoms with Crippen LogP contribution in [-0.2, 0) is 9.53 Å². The van der Waals surface area contributed by atoms with Crippen molar-refractivity contribution in [1.29, 1.82) is 0 Å². The molecule has 0 aromatic heterocycles. The predicted molar refractivity (Wildman–Crippen MR) is 78.3 cm³/mol. The molecule has 27 heteroatoms. The Kier molecular flexibility index (Phi) is 9.68. The van der Waals surface area contributed by atoms with Crippen molar-refractivity contribution in [3.05, 3.63) is 11.9 Å². The summed E-state index contributed by atoms with van der Waals surface area (Å²) >= 11 is 0. The Balaban J connectivity index is 7.20. The van der Waals surface area contributed by atoms with Gasteiger partial charge in [0.15, 0.2) is 12.4 Å². The molecule has 0 radical (unpaired) electrons. The Morgan fingerprint density at radius 2 is 0.762 bits per heavy atom. The summed E-state index contributed by atoms with van der Waals surface area (Å²) in [5.41, 5.74) is 0. The first-order chi connectivity index (χ1) is 17.8. The van der Waals surface area contributed by atoms with Crippen molar-refractivity contribution >= 4 is 5.97 Å². The van der Waals surface area contributed by atoms with E-state index < -0.39 is 90.1 Å². The first-order valence-electron chi connectivity index (χ1n) is 8.89. The quantitative estimate of drug-likeness (QED) is 0.201. The average Bonchev–Trinajstić information content (AvgIpc) is 2.75. The van der Waals surface area contributed by atoms with Crippen LogP contribution in [0.1, 0.15) is 0 Å². The Labute approximate surface area is 211 Å². The van der Waals surface area contributed by atoms with Crippen molar-refractivity contribution in [2.75, 3.05) is 6.61 Å². The molecular formula is C15H4F24O3. The van der Waals surface area contributed by atoms with Crippen molar-refractivity contribution < 1.29 is 120 Å². The van der Waals surface area contributed by atoms with Crippen molar-refractivity contribution in [2.45, 2.75) is 65.6 Å². The number of ether oxygens (including phenoxy) is 1. The van der Waals surface area contributed by atoms with E-state index in [1.165, 1.54) is 0 Å². The fourth-order valence-electron chi connectivity index (χ4n) is 2.19. The van der Waals surface area contributed by atoms with Gasteiger partial charge in [0, 0.05) is 0 Å². The molecule has 0 atom stereocenters. The van der Waals surface area contributed by atoms with E-state index in [0.29, 0.717) is 0 Å². The molecule has 0 fully saturated rings. The van der Waals surface area contributed by atoms with Crippen LogP contribution in [-0.4, -0.2) is 83.3 Å². The Hall–Kier alpha value is -2.51. The normalized spacial score (nSPS) is 16.6. The number of hydrogen-bond donors (Lipinski definition) is 1. The molecule has 0 aliphatic rings. The summed E-state index contributed by atoms with van der Waals surface area (Å²) in [5, 5.41) is 7.91. The summed E-state index contributed by atoms with van der Waals surface area (Å²) < 4.78 is 320. The maximum Gasteiger partial charge on any atom is 0.426 e. The second-order valence-corrected chi connectivity index (χ2v) is 7.40. The largest absolute Gasteiger partial charge is 0.480 e. The van der Waals surface area contributed by atoms with Gasteiger partial charge in [-0.15, -0.1) is 0 Å². The van der Waals surface area contributed by atoms with Gasteiger partial charge in [-0.2, -0.15) is 101 Å². The predicted octanol–water partition coefficient (Wildman–Crippen LogP) is 7.81. The molecule has 0 amide bonds. The highest BCUT2D eigenvalue weighted by Gasteiger charge is 2.98. The number of carbonyl (C=O) groups is 1. The lowest BCUT2D eigenvalue weighted by atomic mass is 9.86. The monoisotopic (exact) mass is 688 g/mol. The van der Waals surface area contributed by atoms with Crippen molar-refractivity contribution in [1.82, 2.24) is 0 Å². The van der Waals surface area contributed by atoms with Crippen molar-refractivity contribution in [2.24, 2.45) is 0 Å². The van der Waals surface area contributed by atoms with Crippen LogP contribution in [0.15, 0.2) is 11.9 Å². The molecule has 250 valence electrons. The van der Waals surface area contributed by atoms with Gasteiger partial charge in [-0.3, -0.25) is 0 Å². The van der Waals surface area contributed by atoms with E-state index >= 15 is 0 Å². The number of aliphatic carboxylic acids is 1. The third kappa shape index (κ3) is 5.47. The minimum absolute atomic E-state index is 2.20. The van der Waals surface area contributed by atoms with Gasteiger partial charge < -0.3 is 9.84 Å². The van der Waals surface area contributed by atoms with Crippen LogP contribution >= 0.6 is 0 Å². The van der Waals surface area contributed by atoms with Crippen LogP contribution in [0.3, 0.4) is 0 Å². The second-order valence-electron chi connectivity index (χ2n) is 7.40. The van der Waals surface area contributed by atoms with Gasteiger partial charge >= 0.3 is 71.6 Å². The Morgan fingerprint density at radius 3 is 1.02 bits per heavy atom. The van der Waals surface area contributed by atoms with Crippen LogP contribution in [0.5, 0.6) is 0 Å². The molecule has 1 N–H and O–H groups in total. The van der Waals surface area contributed by atoms with Crippen molar-refractivity contribution in [3.63, 3.8) is 0 Å². The van der Waals surface area contributed by atoms with Crippen LogP contribution in [0, 0.1) is 0 Å². The number of carboxylic acids is 1. The molecule has 0 saturated heterocycles. The zero-order valence-electron chi connectivity index (χ0n) is 18.1. The fraction of sp³-hybridized carbons (Fsp3) is 0.800. The zero-order chi connectivity index (χ0) is 34.8. The number of rotatable bonds is 13. The van der Waals surface area contributed by atoms with E-state index in [0.717, 1.165) is 0 Å². The Morgan fingerprint density at radius 1 is 0.500 bits per heavy atom. The molecule has 0 aromatic rings. The van der Waals surface area contributed by atoms with Gasteiger partial charge in [0.05, 0.1) is 6.08 Å². The lowest BCUT2D eigenvalue weighted by Gasteiger charge is -2.44. The molecule has 0 bridgehead atoms. The molecule has 0 aliphatic heterocycles. The molecule has 0 aliphatic carbocycles. The molecule has 0 aromatic carbocycles. The van der Waals surface area contributed by atoms with E-state index in [2.05, 4.69) is 4.74 Å². The van der Waals surface area contributed by atoms with E-state index in [1.54, 1.807) is 0 Å². The molecule has 0 saturated carbocycles. The topological polar surface area (TPSA) is 46.5 Å². The first-order valence-corrected chi connectivity index (χ1v) is 8.89. The van der Waals surface area contributed by atoms with Crippen LogP contribution in [0.2, 0.25) is 0 Å².